The lowest BCUT2D eigenvalue weighted by molar-refractivity contribution is 0.322. The minimum Gasteiger partial charge on any atom is -0.318 e. The zero-order valence-electron chi connectivity index (χ0n) is 9.06. The first-order chi connectivity index (χ1) is 7.15. The van der Waals surface area contributed by atoms with Gasteiger partial charge in [-0.05, 0) is 20.2 Å². The van der Waals surface area contributed by atoms with Crippen LogP contribution in [-0.2, 0) is 6.54 Å². The van der Waals surface area contributed by atoms with Gasteiger partial charge in [0.1, 0.15) is 5.82 Å². The summed E-state index contributed by atoms with van der Waals surface area (Å²) in [4.78, 5) is 2.05. The van der Waals surface area contributed by atoms with Crippen molar-refractivity contribution in [1.29, 1.82) is 0 Å². The van der Waals surface area contributed by atoms with E-state index in [4.69, 9.17) is 11.6 Å². The lowest BCUT2D eigenvalue weighted by Gasteiger charge is -2.16. The predicted octanol–water partition coefficient (Wildman–Crippen LogP) is 2.13. The standard InChI is InChI=1S/C11H16ClFN2/c1-14-6-7-15(2)8-9-4-3-5-10(12)11(9)13/h3-5,14H,6-8H2,1-2H3. The van der Waals surface area contributed by atoms with Gasteiger partial charge in [-0.25, -0.2) is 4.39 Å². The summed E-state index contributed by atoms with van der Waals surface area (Å²) in [6.07, 6.45) is 0. The first-order valence-corrected chi connectivity index (χ1v) is 5.29. The molecule has 0 saturated carbocycles. The van der Waals surface area contributed by atoms with E-state index < -0.39 is 0 Å². The normalized spacial score (nSPS) is 11.0. The van der Waals surface area contributed by atoms with E-state index in [0.29, 0.717) is 12.1 Å². The summed E-state index contributed by atoms with van der Waals surface area (Å²) in [5.41, 5.74) is 0.640. The minimum absolute atomic E-state index is 0.189. The highest BCUT2D eigenvalue weighted by molar-refractivity contribution is 6.30. The van der Waals surface area contributed by atoms with Crippen LogP contribution in [0.25, 0.3) is 0 Å². The van der Waals surface area contributed by atoms with Gasteiger partial charge in [0, 0.05) is 25.2 Å². The third kappa shape index (κ3) is 3.78. The van der Waals surface area contributed by atoms with E-state index in [1.165, 1.54) is 0 Å². The summed E-state index contributed by atoms with van der Waals surface area (Å²) in [5, 5.41) is 3.24. The molecule has 0 spiro atoms. The van der Waals surface area contributed by atoms with Gasteiger partial charge in [0.25, 0.3) is 0 Å². The third-order valence-electron chi connectivity index (χ3n) is 2.22. The molecule has 0 heterocycles. The molecule has 0 radical (unpaired) electrons. The molecular weight excluding hydrogens is 215 g/mol. The maximum Gasteiger partial charge on any atom is 0.146 e. The van der Waals surface area contributed by atoms with E-state index in [1.54, 1.807) is 18.2 Å². The Balaban J connectivity index is 2.60. The van der Waals surface area contributed by atoms with Crippen LogP contribution in [0.4, 0.5) is 4.39 Å². The van der Waals surface area contributed by atoms with E-state index in [9.17, 15) is 4.39 Å². The number of rotatable bonds is 5. The molecule has 84 valence electrons. The van der Waals surface area contributed by atoms with E-state index in [1.807, 2.05) is 19.0 Å². The molecule has 0 saturated heterocycles. The highest BCUT2D eigenvalue weighted by Crippen LogP contribution is 2.18. The van der Waals surface area contributed by atoms with Crippen LogP contribution < -0.4 is 5.32 Å². The molecule has 0 aliphatic rings. The van der Waals surface area contributed by atoms with Crippen LogP contribution in [0, 0.1) is 5.82 Å². The van der Waals surface area contributed by atoms with Crippen molar-refractivity contribution in [2.24, 2.45) is 0 Å². The molecule has 0 aliphatic heterocycles. The average Bonchev–Trinajstić information content (AvgIpc) is 2.22. The summed E-state index contributed by atoms with van der Waals surface area (Å²) in [5.74, 6) is -0.310. The maximum absolute atomic E-state index is 13.5. The van der Waals surface area contributed by atoms with Crippen LogP contribution in [-0.4, -0.2) is 32.1 Å². The Morgan fingerprint density at radius 1 is 1.47 bits per heavy atom. The van der Waals surface area contributed by atoms with Crippen molar-refractivity contribution >= 4 is 11.6 Å². The van der Waals surface area contributed by atoms with Gasteiger partial charge in [0.2, 0.25) is 0 Å². The van der Waals surface area contributed by atoms with E-state index >= 15 is 0 Å². The van der Waals surface area contributed by atoms with Crippen LogP contribution in [0.5, 0.6) is 0 Å². The number of nitrogens with zero attached hydrogens (tertiary/aromatic N) is 1. The van der Waals surface area contributed by atoms with Crippen molar-refractivity contribution in [2.45, 2.75) is 6.54 Å². The summed E-state index contributed by atoms with van der Waals surface area (Å²) < 4.78 is 13.5. The molecular formula is C11H16ClFN2. The van der Waals surface area contributed by atoms with Crippen molar-refractivity contribution in [3.8, 4) is 0 Å². The third-order valence-corrected chi connectivity index (χ3v) is 2.51. The molecule has 0 aromatic heterocycles. The van der Waals surface area contributed by atoms with Crippen molar-refractivity contribution < 1.29 is 4.39 Å². The summed E-state index contributed by atoms with van der Waals surface area (Å²) in [6, 6.07) is 5.09. The average molecular weight is 231 g/mol. The Morgan fingerprint density at radius 2 is 2.20 bits per heavy atom. The van der Waals surface area contributed by atoms with Gasteiger partial charge in [-0.1, -0.05) is 23.7 Å². The Morgan fingerprint density at radius 3 is 2.87 bits per heavy atom. The molecule has 1 N–H and O–H groups in total. The first kappa shape index (κ1) is 12.4. The number of hydrogen-bond acceptors (Lipinski definition) is 2. The Kier molecular flexibility index (Phi) is 5.02. The molecule has 1 rings (SSSR count). The van der Waals surface area contributed by atoms with Gasteiger partial charge in [0.15, 0.2) is 0 Å². The largest absolute Gasteiger partial charge is 0.318 e. The van der Waals surface area contributed by atoms with Gasteiger partial charge in [-0.2, -0.15) is 0 Å². The predicted molar refractivity (Wildman–Crippen MR) is 61.7 cm³/mol. The zero-order chi connectivity index (χ0) is 11.3. The lowest BCUT2D eigenvalue weighted by Crippen LogP contribution is -2.27. The van der Waals surface area contributed by atoms with E-state index in [2.05, 4.69) is 5.32 Å². The molecule has 0 amide bonds. The number of hydrogen-bond donors (Lipinski definition) is 1. The van der Waals surface area contributed by atoms with Crippen molar-refractivity contribution in [3.05, 3.63) is 34.6 Å². The number of halogens is 2. The molecule has 1 aromatic carbocycles. The Hall–Kier alpha value is -0.640. The SMILES string of the molecule is CNCCN(C)Cc1cccc(Cl)c1F. The highest BCUT2D eigenvalue weighted by Gasteiger charge is 2.07. The summed E-state index contributed by atoms with van der Waals surface area (Å²) in [6.45, 7) is 2.34. The molecule has 2 nitrogen and oxygen atoms in total. The van der Waals surface area contributed by atoms with Crippen LogP contribution in [0.3, 0.4) is 0 Å². The Bertz CT molecular complexity index is 317. The smallest absolute Gasteiger partial charge is 0.146 e. The van der Waals surface area contributed by atoms with Crippen LogP contribution >= 0.6 is 11.6 Å². The molecule has 0 fully saturated rings. The molecule has 0 bridgehead atoms. The van der Waals surface area contributed by atoms with Gasteiger partial charge >= 0.3 is 0 Å². The van der Waals surface area contributed by atoms with Gasteiger partial charge in [-0.15, -0.1) is 0 Å². The van der Waals surface area contributed by atoms with Crippen LogP contribution in [0.2, 0.25) is 5.02 Å². The highest BCUT2D eigenvalue weighted by atomic mass is 35.5. The topological polar surface area (TPSA) is 15.3 Å². The second kappa shape index (κ2) is 6.05. The molecule has 0 aliphatic carbocycles. The molecule has 4 heteroatoms. The fourth-order valence-electron chi connectivity index (χ4n) is 1.34. The fourth-order valence-corrected chi connectivity index (χ4v) is 1.54. The molecule has 15 heavy (non-hydrogen) atoms. The van der Waals surface area contributed by atoms with Gasteiger partial charge < -0.3 is 10.2 Å². The zero-order valence-corrected chi connectivity index (χ0v) is 9.81. The summed E-state index contributed by atoms with van der Waals surface area (Å²) >= 11 is 5.70. The maximum atomic E-state index is 13.5. The second-order valence-corrected chi connectivity index (χ2v) is 3.96. The number of likely N-dealkylation sites (N-methyl/N-ethyl adjacent to an activating group) is 2. The van der Waals surface area contributed by atoms with Crippen molar-refractivity contribution in [3.63, 3.8) is 0 Å². The lowest BCUT2D eigenvalue weighted by atomic mass is 10.2. The van der Waals surface area contributed by atoms with Gasteiger partial charge in [0.05, 0.1) is 5.02 Å². The minimum atomic E-state index is -0.310. The molecule has 0 atom stereocenters. The van der Waals surface area contributed by atoms with Crippen molar-refractivity contribution in [1.82, 2.24) is 10.2 Å². The Labute approximate surface area is 95.0 Å². The molecule has 0 unspecified atom stereocenters. The van der Waals surface area contributed by atoms with E-state index in [-0.39, 0.29) is 10.8 Å². The molecule has 1 aromatic rings. The van der Waals surface area contributed by atoms with Gasteiger partial charge in [-0.3, -0.25) is 0 Å². The van der Waals surface area contributed by atoms with Crippen molar-refractivity contribution in [2.75, 3.05) is 27.2 Å². The monoisotopic (exact) mass is 230 g/mol. The summed E-state index contributed by atoms with van der Waals surface area (Å²) in [7, 11) is 3.85. The fraction of sp³-hybridized carbons (Fsp3) is 0.455. The second-order valence-electron chi connectivity index (χ2n) is 3.55. The number of benzene rings is 1. The quantitative estimate of drug-likeness (QED) is 0.834. The van der Waals surface area contributed by atoms with Crippen LogP contribution in [0.15, 0.2) is 18.2 Å². The van der Waals surface area contributed by atoms with Crippen LogP contribution in [0.1, 0.15) is 5.56 Å². The first-order valence-electron chi connectivity index (χ1n) is 4.91. The van der Waals surface area contributed by atoms with E-state index in [0.717, 1.165) is 13.1 Å². The number of nitrogens with one attached hydrogen (secondary N) is 1.